The molecule has 3 rings (SSSR count). The Hall–Kier alpha value is -2.29. The highest BCUT2D eigenvalue weighted by atomic mass is 32.2. The Labute approximate surface area is 159 Å². The normalized spacial score (nSPS) is 17.7. The molecule has 2 heterocycles. The minimum atomic E-state index is -3.44. The van der Waals surface area contributed by atoms with Gasteiger partial charge in [-0.3, -0.25) is 9.78 Å². The Morgan fingerprint density at radius 2 is 2.07 bits per heavy atom. The fraction of sp³-hybridized carbons (Fsp3) is 0.368. The number of aryl methyl sites for hydroxylation is 1. The Morgan fingerprint density at radius 3 is 2.74 bits per heavy atom. The zero-order chi connectivity index (χ0) is 19.3. The second-order valence-corrected chi connectivity index (χ2v) is 8.33. The number of carbonyl (C=O) groups is 1. The first-order chi connectivity index (χ1) is 13.0. The SMILES string of the molecule is CNS(=O)(=O)c1ccc(CCC(=O)N2CCNCC2c2cccnc2)cc1. The summed E-state index contributed by atoms with van der Waals surface area (Å²) in [5.41, 5.74) is 1.96. The zero-order valence-electron chi connectivity index (χ0n) is 15.3. The molecule has 7 nitrogen and oxygen atoms in total. The molecular formula is C19H24N4O3S. The van der Waals surface area contributed by atoms with Gasteiger partial charge in [-0.15, -0.1) is 0 Å². The van der Waals surface area contributed by atoms with E-state index in [1.165, 1.54) is 7.05 Å². The van der Waals surface area contributed by atoms with Crippen LogP contribution in [0.3, 0.4) is 0 Å². The van der Waals surface area contributed by atoms with Gasteiger partial charge in [0.15, 0.2) is 0 Å². The third-order valence-corrected chi connectivity index (χ3v) is 6.19. The van der Waals surface area contributed by atoms with Crippen molar-refractivity contribution in [2.75, 3.05) is 26.7 Å². The zero-order valence-corrected chi connectivity index (χ0v) is 16.1. The van der Waals surface area contributed by atoms with Crippen LogP contribution >= 0.6 is 0 Å². The van der Waals surface area contributed by atoms with Crippen molar-refractivity contribution >= 4 is 15.9 Å². The van der Waals surface area contributed by atoms with Crippen molar-refractivity contribution in [1.82, 2.24) is 19.9 Å². The summed E-state index contributed by atoms with van der Waals surface area (Å²) in [4.78, 5) is 19.1. The van der Waals surface area contributed by atoms with Crippen LogP contribution in [0, 0.1) is 0 Å². The number of amides is 1. The summed E-state index contributed by atoms with van der Waals surface area (Å²) in [5.74, 6) is 0.0947. The number of nitrogens with zero attached hydrogens (tertiary/aromatic N) is 2. The van der Waals surface area contributed by atoms with Crippen molar-refractivity contribution in [3.05, 3.63) is 59.9 Å². The molecule has 2 aromatic rings. The Morgan fingerprint density at radius 1 is 1.30 bits per heavy atom. The third-order valence-electron chi connectivity index (χ3n) is 4.76. The third kappa shape index (κ3) is 4.71. The molecule has 0 spiro atoms. The van der Waals surface area contributed by atoms with Gasteiger partial charge in [0.1, 0.15) is 0 Å². The van der Waals surface area contributed by atoms with Crippen LogP contribution in [0.15, 0.2) is 53.7 Å². The number of sulfonamides is 1. The minimum absolute atomic E-state index is 0.0110. The highest BCUT2D eigenvalue weighted by Gasteiger charge is 2.27. The highest BCUT2D eigenvalue weighted by molar-refractivity contribution is 7.89. The molecule has 0 radical (unpaired) electrons. The molecule has 1 saturated heterocycles. The number of hydrogen-bond donors (Lipinski definition) is 2. The van der Waals surface area contributed by atoms with Crippen LogP contribution in [0.25, 0.3) is 0 Å². The van der Waals surface area contributed by atoms with E-state index in [4.69, 9.17) is 0 Å². The molecule has 0 bridgehead atoms. The molecule has 8 heteroatoms. The molecule has 1 aromatic carbocycles. The van der Waals surface area contributed by atoms with Crippen molar-refractivity contribution in [2.24, 2.45) is 0 Å². The van der Waals surface area contributed by atoms with E-state index in [2.05, 4.69) is 15.0 Å². The van der Waals surface area contributed by atoms with Crippen LogP contribution < -0.4 is 10.0 Å². The summed E-state index contributed by atoms with van der Waals surface area (Å²) in [5, 5.41) is 3.33. The van der Waals surface area contributed by atoms with E-state index in [1.54, 1.807) is 36.7 Å². The van der Waals surface area contributed by atoms with E-state index < -0.39 is 10.0 Å². The molecule has 27 heavy (non-hydrogen) atoms. The Kier molecular flexibility index (Phi) is 6.20. The van der Waals surface area contributed by atoms with Crippen molar-refractivity contribution in [2.45, 2.75) is 23.8 Å². The number of pyridine rings is 1. The summed E-state index contributed by atoms with van der Waals surface area (Å²) < 4.78 is 25.8. The van der Waals surface area contributed by atoms with E-state index in [0.717, 1.165) is 17.7 Å². The van der Waals surface area contributed by atoms with E-state index in [9.17, 15) is 13.2 Å². The topological polar surface area (TPSA) is 91.4 Å². The number of aromatic nitrogens is 1. The molecular weight excluding hydrogens is 364 g/mol. The highest BCUT2D eigenvalue weighted by Crippen LogP contribution is 2.22. The summed E-state index contributed by atoms with van der Waals surface area (Å²) in [6.45, 7) is 2.16. The predicted octanol–water partition coefficient (Wildman–Crippen LogP) is 1.10. The van der Waals surface area contributed by atoms with E-state index >= 15 is 0 Å². The first-order valence-electron chi connectivity index (χ1n) is 8.94. The van der Waals surface area contributed by atoms with Crippen LogP contribution in [0.1, 0.15) is 23.6 Å². The maximum Gasteiger partial charge on any atom is 0.240 e. The molecule has 1 atom stereocenters. The second-order valence-electron chi connectivity index (χ2n) is 6.44. The molecule has 1 unspecified atom stereocenters. The summed E-state index contributed by atoms with van der Waals surface area (Å²) in [6.07, 6.45) is 4.49. The van der Waals surface area contributed by atoms with Gasteiger partial charge in [-0.1, -0.05) is 18.2 Å². The molecule has 1 aliphatic rings. The minimum Gasteiger partial charge on any atom is -0.333 e. The maximum absolute atomic E-state index is 12.8. The molecule has 2 N–H and O–H groups in total. The van der Waals surface area contributed by atoms with Gasteiger partial charge in [-0.2, -0.15) is 0 Å². The fourth-order valence-electron chi connectivity index (χ4n) is 3.22. The second kappa shape index (κ2) is 8.60. The largest absolute Gasteiger partial charge is 0.333 e. The van der Waals surface area contributed by atoms with Crippen molar-refractivity contribution in [3.63, 3.8) is 0 Å². The van der Waals surface area contributed by atoms with E-state index in [-0.39, 0.29) is 16.8 Å². The number of benzene rings is 1. The van der Waals surface area contributed by atoms with E-state index in [0.29, 0.717) is 25.9 Å². The van der Waals surface area contributed by atoms with Gasteiger partial charge in [0.2, 0.25) is 15.9 Å². The lowest BCUT2D eigenvalue weighted by molar-refractivity contribution is -0.134. The van der Waals surface area contributed by atoms with Crippen LogP contribution in [0.5, 0.6) is 0 Å². The number of piperazine rings is 1. The molecule has 144 valence electrons. The number of nitrogens with one attached hydrogen (secondary N) is 2. The number of carbonyl (C=O) groups excluding carboxylic acids is 1. The van der Waals surface area contributed by atoms with Gasteiger partial charge in [0, 0.05) is 38.4 Å². The van der Waals surface area contributed by atoms with Crippen LogP contribution in [0.4, 0.5) is 0 Å². The van der Waals surface area contributed by atoms with Gasteiger partial charge in [-0.05, 0) is 42.8 Å². The first-order valence-corrected chi connectivity index (χ1v) is 10.4. The number of hydrogen-bond acceptors (Lipinski definition) is 5. The van der Waals surface area contributed by atoms with Crippen LogP contribution in [-0.2, 0) is 21.2 Å². The lowest BCUT2D eigenvalue weighted by atomic mass is 10.0. The van der Waals surface area contributed by atoms with Gasteiger partial charge in [-0.25, -0.2) is 13.1 Å². The Balaban J connectivity index is 1.64. The quantitative estimate of drug-likeness (QED) is 0.773. The lowest BCUT2D eigenvalue weighted by Crippen LogP contribution is -2.48. The maximum atomic E-state index is 12.8. The fourth-order valence-corrected chi connectivity index (χ4v) is 3.95. The standard InChI is InChI=1S/C19H24N4O3S/c1-20-27(25,26)17-7-4-15(5-8-17)6-9-19(24)23-12-11-22-14-18(23)16-3-2-10-21-13-16/h2-5,7-8,10,13,18,20,22H,6,9,11-12,14H2,1H3. The van der Waals surface area contributed by atoms with Gasteiger partial charge >= 0.3 is 0 Å². The molecule has 1 aromatic heterocycles. The van der Waals surface area contributed by atoms with Crippen molar-refractivity contribution < 1.29 is 13.2 Å². The van der Waals surface area contributed by atoms with E-state index in [1.807, 2.05) is 17.0 Å². The monoisotopic (exact) mass is 388 g/mol. The number of rotatable bonds is 6. The molecule has 0 aliphatic carbocycles. The van der Waals surface area contributed by atoms with Crippen molar-refractivity contribution in [3.8, 4) is 0 Å². The summed E-state index contributed by atoms with van der Waals surface area (Å²) in [7, 11) is -2.06. The van der Waals surface area contributed by atoms with Gasteiger partial charge in [0.25, 0.3) is 0 Å². The lowest BCUT2D eigenvalue weighted by Gasteiger charge is -2.36. The van der Waals surface area contributed by atoms with Crippen molar-refractivity contribution in [1.29, 1.82) is 0 Å². The Bertz CT molecular complexity index is 870. The molecule has 1 amide bonds. The van der Waals surface area contributed by atoms with Crippen LogP contribution in [-0.4, -0.2) is 50.9 Å². The molecule has 1 fully saturated rings. The smallest absolute Gasteiger partial charge is 0.240 e. The summed E-state index contributed by atoms with van der Waals surface area (Å²) >= 11 is 0. The van der Waals surface area contributed by atoms with Gasteiger partial charge in [0.05, 0.1) is 10.9 Å². The first kappa shape index (κ1) is 19.5. The molecule has 1 aliphatic heterocycles. The molecule has 0 saturated carbocycles. The predicted molar refractivity (Wildman–Crippen MR) is 103 cm³/mol. The van der Waals surface area contributed by atoms with Crippen LogP contribution in [0.2, 0.25) is 0 Å². The average Bonchev–Trinajstić information content (AvgIpc) is 2.73. The average molecular weight is 388 g/mol. The van der Waals surface area contributed by atoms with Gasteiger partial charge < -0.3 is 10.2 Å². The summed E-state index contributed by atoms with van der Waals surface area (Å²) in [6, 6.07) is 10.5.